The molecule has 1 aliphatic heterocycles. The van der Waals surface area contributed by atoms with E-state index in [0.29, 0.717) is 5.56 Å². The number of hydrogen-bond donors (Lipinski definition) is 1. The normalized spacial score (nSPS) is 16.2. The van der Waals surface area contributed by atoms with Crippen molar-refractivity contribution >= 4 is 28.6 Å². The maximum Gasteiger partial charge on any atom is 0.414 e. The number of amides is 2. The zero-order valence-corrected chi connectivity index (χ0v) is 15.5. The van der Waals surface area contributed by atoms with Crippen molar-refractivity contribution in [3.63, 3.8) is 0 Å². The van der Waals surface area contributed by atoms with Gasteiger partial charge in [0, 0.05) is 24.1 Å². The molecule has 1 N–H and O–H groups in total. The van der Waals surface area contributed by atoms with Crippen LogP contribution in [0.15, 0.2) is 48.7 Å². The Balaban J connectivity index is 1.63. The molecular formula is C21H17F2N3O3. The highest BCUT2D eigenvalue weighted by molar-refractivity contribution is 5.91. The van der Waals surface area contributed by atoms with Crippen LogP contribution in [0, 0.1) is 11.6 Å². The van der Waals surface area contributed by atoms with E-state index in [4.69, 9.17) is 4.74 Å². The van der Waals surface area contributed by atoms with Gasteiger partial charge in [-0.25, -0.2) is 13.6 Å². The second-order valence-corrected chi connectivity index (χ2v) is 6.75. The van der Waals surface area contributed by atoms with E-state index in [1.807, 2.05) is 24.3 Å². The third-order valence-electron chi connectivity index (χ3n) is 4.67. The van der Waals surface area contributed by atoms with Gasteiger partial charge >= 0.3 is 6.09 Å². The number of cyclic esters (lactones) is 1. The third-order valence-corrected chi connectivity index (χ3v) is 4.67. The smallest absolute Gasteiger partial charge is 0.414 e. The number of hydrogen-bond acceptors (Lipinski definition) is 4. The second-order valence-electron chi connectivity index (χ2n) is 6.75. The van der Waals surface area contributed by atoms with Crippen LogP contribution in [0.1, 0.15) is 6.92 Å². The van der Waals surface area contributed by atoms with Gasteiger partial charge in [0.1, 0.15) is 17.7 Å². The Hall–Kier alpha value is -3.55. The van der Waals surface area contributed by atoms with Crippen molar-refractivity contribution in [2.45, 2.75) is 13.0 Å². The van der Waals surface area contributed by atoms with Gasteiger partial charge in [-0.05, 0) is 24.3 Å². The molecule has 1 atom stereocenters. The van der Waals surface area contributed by atoms with E-state index >= 15 is 0 Å². The van der Waals surface area contributed by atoms with Crippen LogP contribution in [-0.2, 0) is 9.53 Å². The van der Waals surface area contributed by atoms with Crippen LogP contribution in [0.4, 0.5) is 19.3 Å². The van der Waals surface area contributed by atoms with Crippen molar-refractivity contribution in [2.75, 3.05) is 18.0 Å². The standard InChI is InChI=1S/C21H17F2N3O3/c1-12(27)24-10-16-11-26(21(28)29-16)15-7-17(22)20(18(23)8-15)14-6-13-4-2-3-5-19(13)25-9-14/h2-9,16H,10-11H2,1H3,(H,24,27). The molecule has 6 nitrogen and oxygen atoms in total. The van der Waals surface area contributed by atoms with Crippen LogP contribution >= 0.6 is 0 Å². The van der Waals surface area contributed by atoms with Crippen LogP contribution in [0.5, 0.6) is 0 Å². The summed E-state index contributed by atoms with van der Waals surface area (Å²) in [5.74, 6) is -1.88. The summed E-state index contributed by atoms with van der Waals surface area (Å²) in [4.78, 5) is 28.5. The quantitative estimate of drug-likeness (QED) is 0.730. The van der Waals surface area contributed by atoms with Gasteiger partial charge in [-0.3, -0.25) is 14.7 Å². The summed E-state index contributed by atoms with van der Waals surface area (Å²) in [6.45, 7) is 1.55. The lowest BCUT2D eigenvalue weighted by atomic mass is 10.0. The van der Waals surface area contributed by atoms with Crippen molar-refractivity contribution in [1.82, 2.24) is 10.3 Å². The molecule has 2 heterocycles. The highest BCUT2D eigenvalue weighted by atomic mass is 19.1. The molecule has 1 aromatic heterocycles. The molecule has 0 aliphatic carbocycles. The van der Waals surface area contributed by atoms with Gasteiger partial charge in [0.05, 0.1) is 29.9 Å². The molecule has 0 bridgehead atoms. The van der Waals surface area contributed by atoms with Gasteiger partial charge in [-0.15, -0.1) is 0 Å². The number of carbonyl (C=O) groups is 2. The lowest BCUT2D eigenvalue weighted by Crippen LogP contribution is -2.33. The number of benzene rings is 2. The van der Waals surface area contributed by atoms with Crippen LogP contribution in [0.2, 0.25) is 0 Å². The van der Waals surface area contributed by atoms with Gasteiger partial charge in [0.25, 0.3) is 0 Å². The minimum atomic E-state index is -0.810. The first-order chi connectivity index (χ1) is 13.9. The van der Waals surface area contributed by atoms with Gasteiger partial charge in [-0.2, -0.15) is 0 Å². The number of rotatable bonds is 4. The molecule has 29 heavy (non-hydrogen) atoms. The zero-order chi connectivity index (χ0) is 20.5. The molecule has 0 radical (unpaired) electrons. The molecule has 1 aliphatic rings. The predicted octanol–water partition coefficient (Wildman–Crippen LogP) is 3.64. The van der Waals surface area contributed by atoms with Crippen LogP contribution in [0.25, 0.3) is 22.0 Å². The van der Waals surface area contributed by atoms with Gasteiger partial charge in [0.15, 0.2) is 0 Å². The molecule has 2 aromatic carbocycles. The number of ether oxygens (including phenoxy) is 1. The maximum atomic E-state index is 14.8. The first-order valence-corrected chi connectivity index (χ1v) is 8.99. The fourth-order valence-corrected chi connectivity index (χ4v) is 3.30. The van der Waals surface area contributed by atoms with Gasteiger partial charge in [0.2, 0.25) is 5.91 Å². The zero-order valence-electron chi connectivity index (χ0n) is 15.5. The van der Waals surface area contributed by atoms with Crippen molar-refractivity contribution in [1.29, 1.82) is 0 Å². The molecule has 0 spiro atoms. The number of anilines is 1. The molecule has 1 saturated heterocycles. The van der Waals surface area contributed by atoms with E-state index in [0.717, 1.165) is 27.9 Å². The lowest BCUT2D eigenvalue weighted by molar-refractivity contribution is -0.119. The van der Waals surface area contributed by atoms with Crippen LogP contribution in [0.3, 0.4) is 0 Å². The first kappa shape index (κ1) is 18.8. The summed E-state index contributed by atoms with van der Waals surface area (Å²) in [7, 11) is 0. The fourth-order valence-electron chi connectivity index (χ4n) is 3.30. The van der Waals surface area contributed by atoms with Crippen molar-refractivity contribution < 1.29 is 23.1 Å². The van der Waals surface area contributed by atoms with Crippen LogP contribution < -0.4 is 10.2 Å². The highest BCUT2D eigenvalue weighted by Gasteiger charge is 2.33. The molecule has 0 saturated carbocycles. The summed E-state index contributed by atoms with van der Waals surface area (Å²) in [5, 5.41) is 3.31. The molecular weight excluding hydrogens is 380 g/mol. The third kappa shape index (κ3) is 3.73. The summed E-state index contributed by atoms with van der Waals surface area (Å²) < 4.78 is 34.8. The molecule has 148 valence electrons. The Morgan fingerprint density at radius 2 is 1.97 bits per heavy atom. The Labute approximate surface area is 165 Å². The average molecular weight is 397 g/mol. The molecule has 8 heteroatoms. The van der Waals surface area contributed by atoms with E-state index < -0.39 is 23.8 Å². The molecule has 1 fully saturated rings. The number of halogens is 2. The number of carbonyl (C=O) groups excluding carboxylic acids is 2. The van der Waals surface area contributed by atoms with E-state index in [1.54, 1.807) is 6.07 Å². The summed E-state index contributed by atoms with van der Waals surface area (Å²) >= 11 is 0. The summed E-state index contributed by atoms with van der Waals surface area (Å²) in [6, 6.07) is 11.1. The van der Waals surface area contributed by atoms with Crippen molar-refractivity contribution in [3.8, 4) is 11.1 Å². The molecule has 4 rings (SSSR count). The van der Waals surface area contributed by atoms with Crippen molar-refractivity contribution in [2.24, 2.45) is 0 Å². The maximum absolute atomic E-state index is 14.8. The highest BCUT2D eigenvalue weighted by Crippen LogP contribution is 2.32. The average Bonchev–Trinajstić information content (AvgIpc) is 3.06. The Morgan fingerprint density at radius 3 is 2.69 bits per heavy atom. The topological polar surface area (TPSA) is 71.5 Å². The van der Waals surface area contributed by atoms with Crippen LogP contribution in [-0.4, -0.2) is 36.2 Å². The van der Waals surface area contributed by atoms with E-state index in [2.05, 4.69) is 10.3 Å². The SMILES string of the molecule is CC(=O)NCC1CN(c2cc(F)c(-c3cnc4ccccc4c3)c(F)c2)C(=O)O1. The molecule has 3 aromatic rings. The number of para-hydroxylation sites is 1. The first-order valence-electron chi connectivity index (χ1n) is 8.99. The molecule has 1 unspecified atom stereocenters. The van der Waals surface area contributed by atoms with Gasteiger partial charge < -0.3 is 10.1 Å². The van der Waals surface area contributed by atoms with Crippen molar-refractivity contribution in [3.05, 3.63) is 60.3 Å². The summed E-state index contributed by atoms with van der Waals surface area (Å²) in [5.41, 5.74) is 0.860. The second kappa shape index (κ2) is 7.46. The monoisotopic (exact) mass is 397 g/mol. The number of aromatic nitrogens is 1. The van der Waals surface area contributed by atoms with Gasteiger partial charge in [-0.1, -0.05) is 18.2 Å². The predicted molar refractivity (Wildman–Crippen MR) is 103 cm³/mol. The Morgan fingerprint density at radius 1 is 1.24 bits per heavy atom. The number of pyridine rings is 1. The Bertz CT molecular complexity index is 1100. The number of nitrogens with one attached hydrogen (secondary N) is 1. The minimum Gasteiger partial charge on any atom is -0.442 e. The number of nitrogens with zero attached hydrogens (tertiary/aromatic N) is 2. The van der Waals surface area contributed by atoms with E-state index in [1.165, 1.54) is 13.1 Å². The van der Waals surface area contributed by atoms with E-state index in [9.17, 15) is 18.4 Å². The Kier molecular flexibility index (Phi) is 4.84. The lowest BCUT2D eigenvalue weighted by Gasteiger charge is -2.15. The van der Waals surface area contributed by atoms with E-state index in [-0.39, 0.29) is 30.2 Å². The fraction of sp³-hybridized carbons (Fsp3) is 0.190. The number of fused-ring (bicyclic) bond motifs is 1. The minimum absolute atomic E-state index is 0.0489. The molecule has 2 amide bonds. The summed E-state index contributed by atoms with van der Waals surface area (Å²) in [6.07, 6.45) is 0.0954. The largest absolute Gasteiger partial charge is 0.442 e.